The standard InChI is InChI=1S/C9H8F3N3O2S/c10-9(11,12)7-3-1-2-4-8(7)18(16,17)6-5-14-15-13/h1-4H,5-6H2. The van der Waals surface area contributed by atoms with Crippen molar-refractivity contribution in [3.8, 4) is 0 Å². The van der Waals surface area contributed by atoms with Gasteiger partial charge in [0.05, 0.1) is 16.2 Å². The molecule has 0 N–H and O–H groups in total. The Hall–Kier alpha value is -1.73. The second-order valence-electron chi connectivity index (χ2n) is 3.27. The van der Waals surface area contributed by atoms with Crippen molar-refractivity contribution in [2.24, 2.45) is 5.11 Å². The summed E-state index contributed by atoms with van der Waals surface area (Å²) in [5.41, 5.74) is 6.78. The molecule has 9 heteroatoms. The number of benzene rings is 1. The van der Waals surface area contributed by atoms with Gasteiger partial charge in [0, 0.05) is 11.5 Å². The van der Waals surface area contributed by atoms with E-state index in [1.807, 2.05) is 0 Å². The molecule has 5 nitrogen and oxygen atoms in total. The zero-order valence-electron chi connectivity index (χ0n) is 8.92. The van der Waals surface area contributed by atoms with Crippen molar-refractivity contribution in [3.05, 3.63) is 40.3 Å². The van der Waals surface area contributed by atoms with E-state index in [-0.39, 0.29) is 0 Å². The average molecular weight is 279 g/mol. The van der Waals surface area contributed by atoms with E-state index in [1.165, 1.54) is 6.07 Å². The second-order valence-corrected chi connectivity index (χ2v) is 5.34. The van der Waals surface area contributed by atoms with E-state index in [4.69, 9.17) is 5.53 Å². The molecule has 0 fully saturated rings. The Labute approximate surface area is 101 Å². The van der Waals surface area contributed by atoms with Crippen molar-refractivity contribution in [3.63, 3.8) is 0 Å². The molecule has 0 bridgehead atoms. The molecule has 0 amide bonds. The van der Waals surface area contributed by atoms with Gasteiger partial charge in [0.15, 0.2) is 9.84 Å². The molecule has 0 atom stereocenters. The first-order valence-corrected chi connectivity index (χ1v) is 6.34. The largest absolute Gasteiger partial charge is 0.417 e. The maximum Gasteiger partial charge on any atom is 0.417 e. The van der Waals surface area contributed by atoms with Crippen LogP contribution in [0, 0.1) is 0 Å². The van der Waals surface area contributed by atoms with Crippen LogP contribution in [0.15, 0.2) is 34.3 Å². The molecular weight excluding hydrogens is 271 g/mol. The van der Waals surface area contributed by atoms with Gasteiger partial charge in [0.1, 0.15) is 0 Å². The molecule has 0 aromatic heterocycles. The topological polar surface area (TPSA) is 82.9 Å². The van der Waals surface area contributed by atoms with Gasteiger partial charge < -0.3 is 0 Å². The molecule has 0 aliphatic heterocycles. The van der Waals surface area contributed by atoms with Crippen LogP contribution in [0.3, 0.4) is 0 Å². The van der Waals surface area contributed by atoms with E-state index in [9.17, 15) is 21.6 Å². The molecule has 0 heterocycles. The maximum atomic E-state index is 12.6. The number of nitrogens with zero attached hydrogens (tertiary/aromatic N) is 3. The fraction of sp³-hybridized carbons (Fsp3) is 0.333. The van der Waals surface area contributed by atoms with Gasteiger partial charge in [0.25, 0.3) is 0 Å². The lowest BCUT2D eigenvalue weighted by Gasteiger charge is -2.12. The van der Waals surface area contributed by atoms with Crippen molar-refractivity contribution in [2.45, 2.75) is 11.1 Å². The highest BCUT2D eigenvalue weighted by Crippen LogP contribution is 2.34. The van der Waals surface area contributed by atoms with Crippen LogP contribution < -0.4 is 0 Å². The molecule has 0 saturated carbocycles. The minimum Gasteiger partial charge on any atom is -0.224 e. The smallest absolute Gasteiger partial charge is 0.224 e. The summed E-state index contributed by atoms with van der Waals surface area (Å²) in [6.45, 7) is -0.412. The first-order valence-electron chi connectivity index (χ1n) is 4.69. The Morgan fingerprint density at radius 3 is 2.44 bits per heavy atom. The van der Waals surface area contributed by atoms with Crippen molar-refractivity contribution in [1.29, 1.82) is 0 Å². The Bertz CT molecular complexity index is 577. The van der Waals surface area contributed by atoms with Gasteiger partial charge in [-0.15, -0.1) is 0 Å². The molecule has 0 radical (unpaired) electrons. The lowest BCUT2D eigenvalue weighted by atomic mass is 10.2. The summed E-state index contributed by atoms with van der Waals surface area (Å²) >= 11 is 0. The predicted octanol–water partition coefficient (Wildman–Crippen LogP) is 2.79. The molecule has 0 saturated heterocycles. The van der Waals surface area contributed by atoms with Crippen LogP contribution in [0.4, 0.5) is 13.2 Å². The number of halogens is 3. The summed E-state index contributed by atoms with van der Waals surface area (Å²) in [4.78, 5) is 1.54. The molecule has 1 rings (SSSR count). The van der Waals surface area contributed by atoms with Gasteiger partial charge in [-0.25, -0.2) is 8.42 Å². The molecule has 1 aromatic carbocycles. The summed E-state index contributed by atoms with van der Waals surface area (Å²) in [7, 11) is -4.13. The summed E-state index contributed by atoms with van der Waals surface area (Å²) < 4.78 is 61.2. The molecule has 0 aliphatic rings. The number of hydrogen-bond donors (Lipinski definition) is 0. The van der Waals surface area contributed by atoms with Crippen molar-refractivity contribution in [1.82, 2.24) is 0 Å². The minimum absolute atomic E-state index is 0.412. The number of rotatable bonds is 4. The molecule has 0 spiro atoms. The third-order valence-electron chi connectivity index (χ3n) is 2.05. The fourth-order valence-corrected chi connectivity index (χ4v) is 2.63. The highest BCUT2D eigenvalue weighted by Gasteiger charge is 2.36. The van der Waals surface area contributed by atoms with Gasteiger partial charge in [-0.2, -0.15) is 13.2 Å². The number of sulfone groups is 1. The molecule has 0 unspecified atom stereocenters. The highest BCUT2D eigenvalue weighted by molar-refractivity contribution is 7.91. The number of alkyl halides is 3. The third kappa shape index (κ3) is 3.38. The van der Waals surface area contributed by atoms with E-state index in [0.29, 0.717) is 6.07 Å². The molecule has 1 aromatic rings. The Morgan fingerprint density at radius 1 is 1.28 bits per heavy atom. The van der Waals surface area contributed by atoms with E-state index in [2.05, 4.69) is 10.0 Å². The average Bonchev–Trinajstić information content (AvgIpc) is 2.28. The summed E-state index contributed by atoms with van der Waals surface area (Å²) in [5, 5.41) is 2.99. The SMILES string of the molecule is [N-]=[N+]=NCCS(=O)(=O)c1ccccc1C(F)(F)F. The van der Waals surface area contributed by atoms with Gasteiger partial charge in [0.2, 0.25) is 0 Å². The van der Waals surface area contributed by atoms with Crippen LogP contribution in [0.1, 0.15) is 5.56 Å². The summed E-state index contributed by atoms with van der Waals surface area (Å²) in [5.74, 6) is -0.663. The Balaban J connectivity index is 3.21. The lowest BCUT2D eigenvalue weighted by molar-refractivity contribution is -0.139. The lowest BCUT2D eigenvalue weighted by Crippen LogP contribution is -2.16. The first kappa shape index (κ1) is 14.3. The van der Waals surface area contributed by atoms with E-state index < -0.39 is 38.8 Å². The minimum atomic E-state index is -4.75. The zero-order valence-corrected chi connectivity index (χ0v) is 9.74. The number of azide groups is 1. The maximum absolute atomic E-state index is 12.6. The van der Waals surface area contributed by atoms with E-state index in [0.717, 1.165) is 12.1 Å². The van der Waals surface area contributed by atoms with Crippen LogP contribution in [-0.4, -0.2) is 20.7 Å². The monoisotopic (exact) mass is 279 g/mol. The van der Waals surface area contributed by atoms with Gasteiger partial charge in [-0.05, 0) is 17.7 Å². The van der Waals surface area contributed by atoms with Gasteiger partial charge in [-0.3, -0.25) is 0 Å². The Morgan fingerprint density at radius 2 is 1.89 bits per heavy atom. The molecule has 18 heavy (non-hydrogen) atoms. The molecule has 0 aliphatic carbocycles. The number of hydrogen-bond acceptors (Lipinski definition) is 3. The van der Waals surface area contributed by atoms with Gasteiger partial charge >= 0.3 is 6.18 Å². The van der Waals surface area contributed by atoms with E-state index >= 15 is 0 Å². The van der Waals surface area contributed by atoms with Crippen molar-refractivity contribution >= 4 is 9.84 Å². The predicted molar refractivity (Wildman–Crippen MR) is 57.5 cm³/mol. The van der Waals surface area contributed by atoms with Crippen molar-refractivity contribution in [2.75, 3.05) is 12.3 Å². The fourth-order valence-electron chi connectivity index (χ4n) is 1.29. The van der Waals surface area contributed by atoms with Crippen LogP contribution in [0.2, 0.25) is 0 Å². The second kappa shape index (κ2) is 5.28. The highest BCUT2D eigenvalue weighted by atomic mass is 32.2. The zero-order chi connectivity index (χ0) is 13.8. The van der Waals surface area contributed by atoms with Crippen molar-refractivity contribution < 1.29 is 21.6 Å². The first-order chi connectivity index (χ1) is 8.29. The quantitative estimate of drug-likeness (QED) is 0.482. The van der Waals surface area contributed by atoms with Crippen LogP contribution in [-0.2, 0) is 16.0 Å². The third-order valence-corrected chi connectivity index (χ3v) is 3.80. The Kier molecular flexibility index (Phi) is 4.20. The van der Waals surface area contributed by atoms with E-state index in [1.54, 1.807) is 0 Å². The van der Waals surface area contributed by atoms with Crippen LogP contribution in [0.25, 0.3) is 10.4 Å². The van der Waals surface area contributed by atoms with Crippen LogP contribution >= 0.6 is 0 Å². The molecular formula is C9H8F3N3O2S. The van der Waals surface area contributed by atoms with Crippen LogP contribution in [0.5, 0.6) is 0 Å². The molecule has 98 valence electrons. The summed E-state index contributed by atoms with van der Waals surface area (Å²) in [6, 6.07) is 3.89. The normalized spacial score (nSPS) is 11.9. The summed E-state index contributed by atoms with van der Waals surface area (Å²) in [6.07, 6.45) is -4.75. The van der Waals surface area contributed by atoms with Gasteiger partial charge in [-0.1, -0.05) is 17.2 Å².